The van der Waals surface area contributed by atoms with Crippen molar-refractivity contribution < 1.29 is 9.53 Å². The van der Waals surface area contributed by atoms with Crippen LogP contribution in [0.25, 0.3) is 0 Å². The predicted molar refractivity (Wildman–Crippen MR) is 78.5 cm³/mol. The van der Waals surface area contributed by atoms with Gasteiger partial charge in [-0.15, -0.1) is 0 Å². The van der Waals surface area contributed by atoms with Crippen LogP contribution < -0.4 is 5.32 Å². The molecular weight excluding hydrogens is 250 g/mol. The average Bonchev–Trinajstić information content (AvgIpc) is 3.05. The highest BCUT2D eigenvalue weighted by molar-refractivity contribution is 5.77. The molecule has 1 saturated heterocycles. The number of rotatable bonds is 4. The molecule has 3 heteroatoms. The minimum atomic E-state index is -0.119. The summed E-state index contributed by atoms with van der Waals surface area (Å²) in [5.74, 6) is -0.0845. The number of ether oxygens (including phenoxy) is 1. The quantitative estimate of drug-likeness (QED) is 0.857. The van der Waals surface area contributed by atoms with Crippen LogP contribution in [0.2, 0.25) is 0 Å². The number of cyclic esters (lactones) is 1. The van der Waals surface area contributed by atoms with Gasteiger partial charge >= 0.3 is 5.97 Å². The molecule has 1 heterocycles. The monoisotopic (exact) mass is 273 g/mol. The Bertz CT molecular complexity index is 465. The van der Waals surface area contributed by atoms with Crippen molar-refractivity contribution in [1.82, 2.24) is 5.32 Å². The van der Waals surface area contributed by atoms with Crippen LogP contribution >= 0.6 is 0 Å². The molecule has 2 fully saturated rings. The summed E-state index contributed by atoms with van der Waals surface area (Å²) in [7, 11) is 0. The lowest BCUT2D eigenvalue weighted by Crippen LogP contribution is -2.43. The zero-order valence-electron chi connectivity index (χ0n) is 12.1. The van der Waals surface area contributed by atoms with E-state index in [-0.39, 0.29) is 23.5 Å². The molecule has 2 aliphatic rings. The number of nitrogens with one attached hydrogen (secondary N) is 1. The van der Waals surface area contributed by atoms with Gasteiger partial charge in [-0.25, -0.2) is 0 Å². The number of hydrogen-bond acceptors (Lipinski definition) is 3. The molecule has 2 unspecified atom stereocenters. The molecule has 1 aliphatic heterocycles. The summed E-state index contributed by atoms with van der Waals surface area (Å²) >= 11 is 0. The first-order chi connectivity index (χ1) is 9.70. The van der Waals surface area contributed by atoms with Gasteiger partial charge in [0.2, 0.25) is 0 Å². The van der Waals surface area contributed by atoms with Crippen LogP contribution in [-0.2, 0) is 14.9 Å². The van der Waals surface area contributed by atoms with Gasteiger partial charge in [0.1, 0.15) is 12.1 Å². The maximum atomic E-state index is 11.7. The Hall–Kier alpha value is -1.35. The number of esters is 1. The van der Waals surface area contributed by atoms with E-state index in [2.05, 4.69) is 35.6 Å². The number of benzene rings is 1. The van der Waals surface area contributed by atoms with Crippen molar-refractivity contribution in [1.29, 1.82) is 0 Å². The molecule has 1 aromatic rings. The SMILES string of the molecule is CC1CC(NCC2(c3ccccc3)CCCC2)C(=O)O1. The van der Waals surface area contributed by atoms with Gasteiger partial charge < -0.3 is 10.1 Å². The molecule has 0 spiro atoms. The maximum Gasteiger partial charge on any atom is 0.323 e. The third-order valence-corrected chi connectivity index (χ3v) is 4.80. The Morgan fingerprint density at radius 2 is 1.95 bits per heavy atom. The van der Waals surface area contributed by atoms with E-state index in [0.717, 1.165) is 13.0 Å². The molecule has 1 aromatic carbocycles. The minimum Gasteiger partial charge on any atom is -0.461 e. The van der Waals surface area contributed by atoms with Crippen molar-refractivity contribution in [3.63, 3.8) is 0 Å². The summed E-state index contributed by atoms with van der Waals surface area (Å²) in [5, 5.41) is 3.47. The Balaban J connectivity index is 1.71. The fraction of sp³-hybridized carbons (Fsp3) is 0.588. The number of carbonyl (C=O) groups excluding carboxylic acids is 1. The topological polar surface area (TPSA) is 38.3 Å². The van der Waals surface area contributed by atoms with E-state index in [1.165, 1.54) is 31.2 Å². The molecule has 20 heavy (non-hydrogen) atoms. The third kappa shape index (κ3) is 2.59. The van der Waals surface area contributed by atoms with Crippen LogP contribution in [0.3, 0.4) is 0 Å². The van der Waals surface area contributed by atoms with Crippen LogP contribution in [0.15, 0.2) is 30.3 Å². The van der Waals surface area contributed by atoms with E-state index in [4.69, 9.17) is 4.74 Å². The van der Waals surface area contributed by atoms with Gasteiger partial charge in [-0.2, -0.15) is 0 Å². The number of hydrogen-bond donors (Lipinski definition) is 1. The molecule has 0 aromatic heterocycles. The Labute approximate surface area is 120 Å². The van der Waals surface area contributed by atoms with Crippen LogP contribution in [-0.4, -0.2) is 24.7 Å². The second-order valence-corrected chi connectivity index (χ2v) is 6.27. The molecule has 2 atom stereocenters. The van der Waals surface area contributed by atoms with Crippen molar-refractivity contribution >= 4 is 5.97 Å². The van der Waals surface area contributed by atoms with Gasteiger partial charge in [-0.05, 0) is 25.3 Å². The van der Waals surface area contributed by atoms with E-state index < -0.39 is 0 Å². The molecular formula is C17H23NO2. The van der Waals surface area contributed by atoms with E-state index in [0.29, 0.717) is 0 Å². The Kier molecular flexibility index (Phi) is 3.79. The van der Waals surface area contributed by atoms with Crippen LogP contribution in [0.1, 0.15) is 44.6 Å². The van der Waals surface area contributed by atoms with Crippen molar-refractivity contribution in [3.05, 3.63) is 35.9 Å². The first kappa shape index (κ1) is 13.6. The van der Waals surface area contributed by atoms with E-state index >= 15 is 0 Å². The third-order valence-electron chi connectivity index (χ3n) is 4.80. The molecule has 3 rings (SSSR count). The second kappa shape index (κ2) is 5.57. The van der Waals surface area contributed by atoms with Crippen molar-refractivity contribution in [2.45, 2.75) is 56.6 Å². The summed E-state index contributed by atoms with van der Waals surface area (Å²) in [6.07, 6.45) is 5.83. The molecule has 0 bridgehead atoms. The summed E-state index contributed by atoms with van der Waals surface area (Å²) < 4.78 is 5.23. The second-order valence-electron chi connectivity index (χ2n) is 6.27. The lowest BCUT2D eigenvalue weighted by atomic mass is 9.78. The van der Waals surface area contributed by atoms with Gasteiger partial charge in [-0.1, -0.05) is 43.2 Å². The van der Waals surface area contributed by atoms with Gasteiger partial charge in [0.25, 0.3) is 0 Å². The Morgan fingerprint density at radius 3 is 2.55 bits per heavy atom. The molecule has 3 nitrogen and oxygen atoms in total. The predicted octanol–water partition coefficient (Wildman–Crippen LogP) is 2.79. The summed E-state index contributed by atoms with van der Waals surface area (Å²) in [6, 6.07) is 10.6. The first-order valence-electron chi connectivity index (χ1n) is 7.69. The highest BCUT2D eigenvalue weighted by Gasteiger charge is 2.38. The molecule has 1 saturated carbocycles. The summed E-state index contributed by atoms with van der Waals surface area (Å²) in [5.41, 5.74) is 1.61. The highest BCUT2D eigenvalue weighted by Crippen LogP contribution is 2.40. The van der Waals surface area contributed by atoms with Crippen molar-refractivity contribution in [2.75, 3.05) is 6.54 Å². The summed E-state index contributed by atoms with van der Waals surface area (Å²) in [6.45, 7) is 2.84. The van der Waals surface area contributed by atoms with Crippen LogP contribution in [0, 0.1) is 0 Å². The largest absolute Gasteiger partial charge is 0.461 e. The van der Waals surface area contributed by atoms with Gasteiger partial charge in [-0.3, -0.25) is 4.79 Å². The first-order valence-corrected chi connectivity index (χ1v) is 7.69. The number of carbonyl (C=O) groups is 1. The Morgan fingerprint density at radius 1 is 1.25 bits per heavy atom. The lowest BCUT2D eigenvalue weighted by molar-refractivity contribution is -0.142. The van der Waals surface area contributed by atoms with E-state index in [1.54, 1.807) is 0 Å². The maximum absolute atomic E-state index is 11.7. The minimum absolute atomic E-state index is 0.0521. The molecule has 108 valence electrons. The van der Waals surface area contributed by atoms with Crippen LogP contribution in [0.5, 0.6) is 0 Å². The zero-order chi connectivity index (χ0) is 14.0. The lowest BCUT2D eigenvalue weighted by Gasteiger charge is -2.31. The van der Waals surface area contributed by atoms with E-state index in [9.17, 15) is 4.79 Å². The zero-order valence-corrected chi connectivity index (χ0v) is 12.1. The molecule has 0 amide bonds. The van der Waals surface area contributed by atoms with Gasteiger partial charge in [0.05, 0.1) is 0 Å². The molecule has 1 aliphatic carbocycles. The summed E-state index contributed by atoms with van der Waals surface area (Å²) in [4.78, 5) is 11.7. The normalized spacial score (nSPS) is 28.6. The van der Waals surface area contributed by atoms with E-state index in [1.807, 2.05) is 6.92 Å². The smallest absolute Gasteiger partial charge is 0.323 e. The standard InChI is InChI=1S/C17H23NO2/c1-13-11-15(16(19)20-13)18-12-17(9-5-6-10-17)14-7-3-2-4-8-14/h2-4,7-8,13,15,18H,5-6,9-12H2,1H3. The van der Waals surface area contributed by atoms with Crippen LogP contribution in [0.4, 0.5) is 0 Å². The van der Waals surface area contributed by atoms with Crippen molar-refractivity contribution in [2.24, 2.45) is 0 Å². The highest BCUT2D eigenvalue weighted by atomic mass is 16.6. The van der Waals surface area contributed by atoms with Gasteiger partial charge in [0, 0.05) is 18.4 Å². The molecule has 1 N–H and O–H groups in total. The average molecular weight is 273 g/mol. The molecule has 0 radical (unpaired) electrons. The van der Waals surface area contributed by atoms with Gasteiger partial charge in [0.15, 0.2) is 0 Å². The fourth-order valence-corrected chi connectivity index (χ4v) is 3.65. The van der Waals surface area contributed by atoms with Crippen molar-refractivity contribution in [3.8, 4) is 0 Å². The fourth-order valence-electron chi connectivity index (χ4n) is 3.65.